The number of aliphatic carboxylic acids is 1. The highest BCUT2D eigenvalue weighted by atomic mass is 32.1. The quantitative estimate of drug-likeness (QED) is 0.0767. The van der Waals surface area contributed by atoms with Crippen LogP contribution in [0, 0.1) is 0 Å². The average Bonchev–Trinajstić information content (AvgIpc) is 3.47. The number of aryl methyl sites for hydroxylation is 1. The summed E-state index contributed by atoms with van der Waals surface area (Å²) in [7, 11) is 0. The first-order valence-corrected chi connectivity index (χ1v) is 18.5. The molecule has 1 heterocycles. The van der Waals surface area contributed by atoms with Gasteiger partial charge < -0.3 is 24.6 Å². The Morgan fingerprint density at radius 3 is 2.19 bits per heavy atom. The molecule has 286 valence electrons. The van der Waals surface area contributed by atoms with E-state index in [1.54, 1.807) is 39.3 Å². The van der Waals surface area contributed by atoms with E-state index in [1.807, 2.05) is 72.8 Å². The monoisotopic (exact) mass is 756 g/mol. The minimum Gasteiger partial charge on any atom is -0.480 e. The first-order valence-electron chi connectivity index (χ1n) is 17.6. The van der Waals surface area contributed by atoms with E-state index in [2.05, 4.69) is 35.2 Å². The van der Waals surface area contributed by atoms with E-state index in [0.717, 1.165) is 44.7 Å². The van der Waals surface area contributed by atoms with E-state index >= 15 is 0 Å². The molecule has 4 aromatic rings. The van der Waals surface area contributed by atoms with Crippen LogP contribution in [0.2, 0.25) is 0 Å². The molecular formula is C41H48N4O8S. The number of carbonyl (C=O) groups excluding carboxylic acids is 3. The molecule has 1 aliphatic carbocycles. The molecule has 0 bridgehead atoms. The Kier molecular flexibility index (Phi) is 15.0. The number of thiol groups is 1. The number of amides is 3. The number of nitrogens with one attached hydrogen (secondary N) is 2. The van der Waals surface area contributed by atoms with Gasteiger partial charge in [0.05, 0.1) is 18.9 Å². The summed E-state index contributed by atoms with van der Waals surface area (Å²) in [4.78, 5) is 55.9. The van der Waals surface area contributed by atoms with Gasteiger partial charge in [0.1, 0.15) is 18.8 Å². The van der Waals surface area contributed by atoms with E-state index in [9.17, 15) is 24.3 Å². The number of pyridine rings is 1. The number of hydrogen-bond acceptors (Lipinski definition) is 9. The Labute approximate surface area is 321 Å². The van der Waals surface area contributed by atoms with Crippen molar-refractivity contribution in [2.45, 2.75) is 45.6 Å². The number of anilines is 1. The van der Waals surface area contributed by atoms with Crippen LogP contribution < -0.4 is 10.6 Å². The zero-order valence-electron chi connectivity index (χ0n) is 31.3. The lowest BCUT2D eigenvalue weighted by Crippen LogP contribution is -2.39. The normalized spacial score (nSPS) is 11.7. The van der Waals surface area contributed by atoms with E-state index in [1.165, 1.54) is 0 Å². The number of carboxylic acids is 1. The van der Waals surface area contributed by atoms with Crippen molar-refractivity contribution in [3.05, 3.63) is 107 Å². The van der Waals surface area contributed by atoms with Gasteiger partial charge in [0.15, 0.2) is 5.69 Å². The summed E-state index contributed by atoms with van der Waals surface area (Å²) in [5.41, 5.74) is 6.41. The molecule has 0 unspecified atom stereocenters. The Hall–Kier alpha value is -5.40. The van der Waals surface area contributed by atoms with Gasteiger partial charge in [-0.15, -0.1) is 0 Å². The highest BCUT2D eigenvalue weighted by Gasteiger charge is 2.30. The lowest BCUT2D eigenvalue weighted by molar-refractivity contribution is -0.138. The molecule has 13 heteroatoms. The van der Waals surface area contributed by atoms with Crippen molar-refractivity contribution in [1.29, 1.82) is 0 Å². The van der Waals surface area contributed by atoms with Gasteiger partial charge >= 0.3 is 18.2 Å². The molecule has 12 nitrogen and oxygen atoms in total. The number of benzene rings is 3. The topological polar surface area (TPSA) is 156 Å². The maximum Gasteiger partial charge on any atom is 0.412 e. The third-order valence-electron chi connectivity index (χ3n) is 8.36. The Balaban J connectivity index is 0.00000319. The Morgan fingerprint density at radius 2 is 1.56 bits per heavy atom. The van der Waals surface area contributed by atoms with Crippen LogP contribution >= 0.6 is 12.6 Å². The molecule has 0 radical (unpaired) electrons. The summed E-state index contributed by atoms with van der Waals surface area (Å²) < 4.78 is 16.7. The molecule has 0 atom stereocenters. The smallest absolute Gasteiger partial charge is 0.412 e. The van der Waals surface area contributed by atoms with Crippen LogP contribution in [0.25, 0.3) is 22.3 Å². The lowest BCUT2D eigenvalue weighted by Gasteiger charge is -2.22. The second-order valence-corrected chi connectivity index (χ2v) is 13.3. The van der Waals surface area contributed by atoms with E-state index in [4.69, 9.17) is 14.2 Å². The number of carbonyl (C=O) groups is 4. The SMILES string of the molecule is CCc1cccc(-c2cnc(C(=O)NCCOCCN(CC(=O)O)C(=O)OCC3c4ccccc4-c4ccccc43)c(NC(=O)OC(C)(C)C)c2)c1.CS. The molecule has 54 heavy (non-hydrogen) atoms. The van der Waals surface area contributed by atoms with Crippen LogP contribution in [-0.2, 0) is 25.4 Å². The number of nitrogens with zero attached hydrogens (tertiary/aromatic N) is 2. The third kappa shape index (κ3) is 11.3. The van der Waals surface area contributed by atoms with Crippen LogP contribution in [0.15, 0.2) is 85.1 Å². The molecule has 1 aromatic heterocycles. The summed E-state index contributed by atoms with van der Waals surface area (Å²) in [5.74, 6) is -1.90. The van der Waals surface area contributed by atoms with Gasteiger partial charge in [-0.1, -0.05) is 79.7 Å². The van der Waals surface area contributed by atoms with Crippen molar-refractivity contribution in [3.63, 3.8) is 0 Å². The summed E-state index contributed by atoms with van der Waals surface area (Å²) >= 11 is 3.53. The fraction of sp³-hybridized carbons (Fsp3) is 0.341. The first-order chi connectivity index (χ1) is 25.9. The molecular weight excluding hydrogens is 709 g/mol. The van der Waals surface area contributed by atoms with Crippen molar-refractivity contribution < 1.29 is 38.5 Å². The number of fused-ring (bicyclic) bond motifs is 3. The van der Waals surface area contributed by atoms with E-state index in [0.29, 0.717) is 5.56 Å². The molecule has 3 N–H and O–H groups in total. The summed E-state index contributed by atoms with van der Waals surface area (Å²) in [5, 5.41) is 14.8. The predicted molar refractivity (Wildman–Crippen MR) is 211 cm³/mol. The summed E-state index contributed by atoms with van der Waals surface area (Å²) in [6, 6.07) is 25.5. The van der Waals surface area contributed by atoms with Gasteiger partial charge in [-0.05, 0) is 72.9 Å². The first kappa shape index (κ1) is 41.4. The second kappa shape index (κ2) is 19.6. The predicted octanol–water partition coefficient (Wildman–Crippen LogP) is 7.29. The van der Waals surface area contributed by atoms with Gasteiger partial charge in [0.25, 0.3) is 5.91 Å². The van der Waals surface area contributed by atoms with Crippen molar-refractivity contribution in [3.8, 4) is 22.3 Å². The van der Waals surface area contributed by atoms with Crippen molar-refractivity contribution in [1.82, 2.24) is 15.2 Å². The number of aromatic nitrogens is 1. The zero-order chi connectivity index (χ0) is 39.3. The summed E-state index contributed by atoms with van der Waals surface area (Å²) in [6.45, 7) is 6.88. The molecule has 3 amide bonds. The van der Waals surface area contributed by atoms with Crippen molar-refractivity contribution in [2.24, 2.45) is 0 Å². The molecule has 0 aliphatic heterocycles. The molecule has 0 saturated heterocycles. The standard InChI is InChI=1S/C40H44N4O8.CH4S/c1-5-26-11-10-12-27(21-26)28-22-34(43-38(48)52-40(2,3)4)36(42-23-28)37(47)41-17-19-50-20-18-44(24-35(45)46)39(49)51-25-33-31-15-8-6-13-29(31)30-14-7-9-16-32(30)33;1-2/h6-16,21-23,33H,5,17-20,24-25H2,1-4H3,(H,41,47)(H,43,48)(H,45,46);2H,1H3. The van der Waals surface area contributed by atoms with Gasteiger partial charge in [0.2, 0.25) is 0 Å². The lowest BCUT2D eigenvalue weighted by atomic mass is 9.98. The number of ether oxygens (including phenoxy) is 3. The van der Waals surface area contributed by atoms with Crippen LogP contribution in [-0.4, -0.2) is 90.4 Å². The molecule has 0 spiro atoms. The maximum absolute atomic E-state index is 13.2. The average molecular weight is 757 g/mol. The minimum atomic E-state index is -1.19. The highest BCUT2D eigenvalue weighted by Crippen LogP contribution is 2.44. The van der Waals surface area contributed by atoms with Gasteiger partial charge in [-0.3, -0.25) is 19.8 Å². The molecule has 0 saturated carbocycles. The maximum atomic E-state index is 13.2. The van der Waals surface area contributed by atoms with Crippen LogP contribution in [0.1, 0.15) is 60.8 Å². The second-order valence-electron chi connectivity index (χ2n) is 13.3. The largest absolute Gasteiger partial charge is 0.480 e. The number of carboxylic acid groups (broad SMARTS) is 1. The van der Waals surface area contributed by atoms with Crippen LogP contribution in [0.5, 0.6) is 0 Å². The van der Waals surface area contributed by atoms with E-state index < -0.39 is 36.2 Å². The van der Waals surface area contributed by atoms with Gasteiger partial charge in [-0.2, -0.15) is 12.6 Å². The van der Waals surface area contributed by atoms with Gasteiger partial charge in [-0.25, -0.2) is 14.6 Å². The Morgan fingerprint density at radius 1 is 0.889 bits per heavy atom. The fourth-order valence-corrected chi connectivity index (χ4v) is 5.96. The number of hydrogen-bond donors (Lipinski definition) is 4. The summed E-state index contributed by atoms with van der Waals surface area (Å²) in [6.07, 6.45) is 2.62. The van der Waals surface area contributed by atoms with Gasteiger partial charge in [0, 0.05) is 30.8 Å². The molecule has 1 aliphatic rings. The number of rotatable bonds is 14. The van der Waals surface area contributed by atoms with Crippen molar-refractivity contribution >= 4 is 42.4 Å². The molecule has 5 rings (SSSR count). The highest BCUT2D eigenvalue weighted by molar-refractivity contribution is 7.79. The van der Waals surface area contributed by atoms with Crippen molar-refractivity contribution in [2.75, 3.05) is 51.0 Å². The Bertz CT molecular complexity index is 1880. The van der Waals surface area contributed by atoms with Crippen LogP contribution in [0.4, 0.5) is 15.3 Å². The zero-order valence-corrected chi connectivity index (χ0v) is 32.2. The molecule has 3 aromatic carbocycles. The molecule has 0 fully saturated rings. The van der Waals surface area contributed by atoms with Crippen LogP contribution in [0.3, 0.4) is 0 Å². The third-order valence-corrected chi connectivity index (χ3v) is 8.36. The fourth-order valence-electron chi connectivity index (χ4n) is 5.96. The van der Waals surface area contributed by atoms with E-state index in [-0.39, 0.29) is 50.2 Å². The minimum absolute atomic E-state index is 0.00255.